The molecular formula is C9H16ClF3N2O3. The molecule has 1 aliphatic heterocycles. The van der Waals surface area contributed by atoms with Gasteiger partial charge >= 0.3 is 6.18 Å². The minimum Gasteiger partial charge on any atom is -0.373 e. The van der Waals surface area contributed by atoms with E-state index >= 15 is 0 Å². The van der Waals surface area contributed by atoms with Gasteiger partial charge in [0.1, 0.15) is 13.2 Å². The molecule has 0 bridgehead atoms. The summed E-state index contributed by atoms with van der Waals surface area (Å²) < 4.78 is 44.9. The van der Waals surface area contributed by atoms with E-state index in [2.05, 4.69) is 4.74 Å². The Bertz CT molecular complexity index is 266. The Labute approximate surface area is 109 Å². The number of ether oxygens (including phenoxy) is 2. The number of hydrogen-bond donors (Lipinski definition) is 1. The minimum absolute atomic E-state index is 0. The van der Waals surface area contributed by atoms with Gasteiger partial charge in [-0.2, -0.15) is 13.2 Å². The fourth-order valence-corrected chi connectivity index (χ4v) is 1.43. The lowest BCUT2D eigenvalue weighted by molar-refractivity contribution is -0.179. The molecule has 0 radical (unpaired) electrons. The topological polar surface area (TPSA) is 64.8 Å². The van der Waals surface area contributed by atoms with Crippen LogP contribution in [0.25, 0.3) is 0 Å². The summed E-state index contributed by atoms with van der Waals surface area (Å²) in [5.74, 6) is -0.476. The fraction of sp³-hybridized carbons (Fsp3) is 0.889. The molecule has 0 aromatic carbocycles. The minimum atomic E-state index is -4.41. The molecule has 5 nitrogen and oxygen atoms in total. The van der Waals surface area contributed by atoms with Gasteiger partial charge in [-0.25, -0.2) is 0 Å². The van der Waals surface area contributed by atoms with Crippen molar-refractivity contribution in [3.05, 3.63) is 0 Å². The van der Waals surface area contributed by atoms with E-state index in [1.165, 1.54) is 4.90 Å². The Morgan fingerprint density at radius 3 is 2.72 bits per heavy atom. The van der Waals surface area contributed by atoms with Gasteiger partial charge in [0, 0.05) is 19.6 Å². The molecule has 0 spiro atoms. The number of nitrogens with two attached hydrogens (primary N) is 1. The average Bonchev–Trinajstić information content (AvgIpc) is 2.27. The van der Waals surface area contributed by atoms with Crippen LogP contribution < -0.4 is 5.73 Å². The Kier molecular flexibility index (Phi) is 7.53. The van der Waals surface area contributed by atoms with Crippen LogP contribution in [0.2, 0.25) is 0 Å². The van der Waals surface area contributed by atoms with E-state index < -0.39 is 25.3 Å². The van der Waals surface area contributed by atoms with Crippen LogP contribution in [0.15, 0.2) is 0 Å². The summed E-state index contributed by atoms with van der Waals surface area (Å²) in [5.41, 5.74) is 5.38. The predicted octanol–water partition coefficient (Wildman–Crippen LogP) is 0.173. The first-order chi connectivity index (χ1) is 7.92. The second kappa shape index (κ2) is 7.78. The van der Waals surface area contributed by atoms with Crippen molar-refractivity contribution in [2.75, 3.05) is 39.5 Å². The summed E-state index contributed by atoms with van der Waals surface area (Å²) in [6.07, 6.45) is -4.67. The number of amides is 1. The zero-order valence-electron chi connectivity index (χ0n) is 9.61. The van der Waals surface area contributed by atoms with E-state index in [-0.39, 0.29) is 25.1 Å². The largest absolute Gasteiger partial charge is 0.411 e. The van der Waals surface area contributed by atoms with E-state index in [1.807, 2.05) is 0 Å². The second-order valence-corrected chi connectivity index (χ2v) is 3.68. The van der Waals surface area contributed by atoms with Gasteiger partial charge in [0.05, 0.1) is 12.7 Å². The summed E-state index contributed by atoms with van der Waals surface area (Å²) in [4.78, 5) is 12.9. The first-order valence-electron chi connectivity index (χ1n) is 5.16. The molecule has 18 heavy (non-hydrogen) atoms. The molecule has 1 unspecified atom stereocenters. The maximum Gasteiger partial charge on any atom is 0.411 e. The molecule has 1 amide bonds. The van der Waals surface area contributed by atoms with E-state index in [9.17, 15) is 18.0 Å². The molecule has 1 rings (SSSR count). The Hall–Kier alpha value is -0.570. The predicted molar refractivity (Wildman–Crippen MR) is 59.5 cm³/mol. The van der Waals surface area contributed by atoms with Crippen LogP contribution >= 0.6 is 12.4 Å². The number of alkyl halides is 3. The summed E-state index contributed by atoms with van der Waals surface area (Å²) >= 11 is 0. The van der Waals surface area contributed by atoms with E-state index in [1.54, 1.807) is 0 Å². The van der Waals surface area contributed by atoms with Crippen molar-refractivity contribution < 1.29 is 27.4 Å². The van der Waals surface area contributed by atoms with E-state index in [0.717, 1.165) is 0 Å². The van der Waals surface area contributed by atoms with Gasteiger partial charge < -0.3 is 20.1 Å². The van der Waals surface area contributed by atoms with Gasteiger partial charge in [0.15, 0.2) is 0 Å². The smallest absolute Gasteiger partial charge is 0.373 e. The molecule has 0 saturated carbocycles. The number of nitrogens with zero attached hydrogens (tertiary/aromatic N) is 1. The van der Waals surface area contributed by atoms with Gasteiger partial charge in [0.2, 0.25) is 5.91 Å². The number of hydrogen-bond acceptors (Lipinski definition) is 4. The van der Waals surface area contributed by atoms with Crippen LogP contribution in [-0.4, -0.2) is 62.5 Å². The first kappa shape index (κ1) is 17.4. The molecule has 1 atom stereocenters. The highest BCUT2D eigenvalue weighted by atomic mass is 35.5. The van der Waals surface area contributed by atoms with Crippen molar-refractivity contribution in [3.8, 4) is 0 Å². The van der Waals surface area contributed by atoms with Crippen LogP contribution in [0.1, 0.15) is 0 Å². The molecule has 1 aliphatic rings. The van der Waals surface area contributed by atoms with Crippen LogP contribution in [0, 0.1) is 0 Å². The Balaban J connectivity index is 0.00000289. The number of morpholine rings is 1. The maximum atomic E-state index is 11.8. The van der Waals surface area contributed by atoms with Gasteiger partial charge in [-0.3, -0.25) is 4.79 Å². The van der Waals surface area contributed by atoms with E-state index in [4.69, 9.17) is 10.5 Å². The second-order valence-electron chi connectivity index (χ2n) is 3.68. The van der Waals surface area contributed by atoms with Crippen LogP contribution in [0.4, 0.5) is 13.2 Å². The van der Waals surface area contributed by atoms with Crippen molar-refractivity contribution in [1.29, 1.82) is 0 Å². The number of rotatable bonds is 4. The molecule has 1 saturated heterocycles. The Morgan fingerprint density at radius 1 is 1.50 bits per heavy atom. The summed E-state index contributed by atoms with van der Waals surface area (Å²) in [6.45, 7) is -0.727. The molecular weight excluding hydrogens is 277 g/mol. The zero-order valence-corrected chi connectivity index (χ0v) is 10.4. The summed E-state index contributed by atoms with van der Waals surface area (Å²) in [7, 11) is 0. The fourth-order valence-electron chi connectivity index (χ4n) is 1.43. The lowest BCUT2D eigenvalue weighted by atomic mass is 10.2. The molecule has 0 aromatic heterocycles. The highest BCUT2D eigenvalue weighted by Crippen LogP contribution is 2.14. The lowest BCUT2D eigenvalue weighted by Crippen LogP contribution is -2.49. The van der Waals surface area contributed by atoms with Crippen LogP contribution in [0.3, 0.4) is 0 Å². The molecule has 1 heterocycles. The normalized spacial score (nSPS) is 20.4. The third-order valence-electron chi connectivity index (χ3n) is 2.25. The standard InChI is InChI=1S/C9H15F3N2O3.ClH/c10-9(11,12)6-16-5-8(15)14-1-2-17-7(3-13)4-14;/h7H,1-6,13H2;1H. The van der Waals surface area contributed by atoms with Crippen LogP contribution in [-0.2, 0) is 14.3 Å². The molecule has 0 aromatic rings. The van der Waals surface area contributed by atoms with Gasteiger partial charge in [-0.05, 0) is 0 Å². The van der Waals surface area contributed by atoms with Gasteiger partial charge in [0.25, 0.3) is 0 Å². The van der Waals surface area contributed by atoms with Crippen molar-refractivity contribution >= 4 is 18.3 Å². The molecule has 9 heteroatoms. The van der Waals surface area contributed by atoms with Crippen molar-refractivity contribution in [2.45, 2.75) is 12.3 Å². The molecule has 108 valence electrons. The first-order valence-corrected chi connectivity index (χ1v) is 5.16. The molecule has 1 fully saturated rings. The van der Waals surface area contributed by atoms with Gasteiger partial charge in [-0.1, -0.05) is 0 Å². The number of halogens is 4. The average molecular weight is 293 g/mol. The maximum absolute atomic E-state index is 11.8. The summed E-state index contributed by atoms with van der Waals surface area (Å²) in [6, 6.07) is 0. The van der Waals surface area contributed by atoms with Crippen molar-refractivity contribution in [1.82, 2.24) is 4.90 Å². The third-order valence-corrected chi connectivity index (χ3v) is 2.25. The quantitative estimate of drug-likeness (QED) is 0.802. The van der Waals surface area contributed by atoms with Gasteiger partial charge in [-0.15, -0.1) is 12.4 Å². The lowest BCUT2D eigenvalue weighted by Gasteiger charge is -2.32. The summed E-state index contributed by atoms with van der Waals surface area (Å²) in [5, 5.41) is 0. The zero-order chi connectivity index (χ0) is 12.9. The van der Waals surface area contributed by atoms with Crippen molar-refractivity contribution in [3.63, 3.8) is 0 Å². The monoisotopic (exact) mass is 292 g/mol. The SMILES string of the molecule is Cl.NCC1CN(C(=O)COCC(F)(F)F)CCO1. The molecule has 2 N–H and O–H groups in total. The third kappa shape index (κ3) is 6.39. The van der Waals surface area contributed by atoms with Crippen molar-refractivity contribution in [2.24, 2.45) is 5.73 Å². The van der Waals surface area contributed by atoms with E-state index in [0.29, 0.717) is 19.7 Å². The number of carbonyl (C=O) groups excluding carboxylic acids is 1. The highest BCUT2D eigenvalue weighted by Gasteiger charge is 2.29. The highest BCUT2D eigenvalue weighted by molar-refractivity contribution is 5.85. The molecule has 0 aliphatic carbocycles. The Morgan fingerprint density at radius 2 is 2.17 bits per heavy atom. The van der Waals surface area contributed by atoms with Crippen LogP contribution in [0.5, 0.6) is 0 Å². The number of carbonyl (C=O) groups is 1.